The van der Waals surface area contributed by atoms with Crippen molar-refractivity contribution in [3.05, 3.63) is 30.3 Å². The second kappa shape index (κ2) is 36.0. The molecule has 1 saturated heterocycles. The molecule has 27 heavy (non-hydrogen) atoms. The summed E-state index contributed by atoms with van der Waals surface area (Å²) in [6.07, 6.45) is 0. The lowest BCUT2D eigenvalue weighted by Crippen LogP contribution is -2.40. The molecule has 1 aliphatic heterocycles. The second-order valence-corrected chi connectivity index (χ2v) is 5.78. The highest BCUT2D eigenvalue weighted by Gasteiger charge is 2.21. The topological polar surface area (TPSA) is 37.4 Å². The van der Waals surface area contributed by atoms with Gasteiger partial charge in [-0.3, -0.25) is 0 Å². The smallest absolute Gasteiger partial charge is 0.153 e. The van der Waals surface area contributed by atoms with Gasteiger partial charge in [0.25, 0.3) is 0 Å². The molecule has 176 valence electrons. The second-order valence-electron chi connectivity index (χ2n) is 3.47. The van der Waals surface area contributed by atoms with Gasteiger partial charge in [0.05, 0.1) is 11.5 Å². The standard InChI is InChI=1S/C10H13NO2S.2C2H6.9CH4/c12-14(13)8-6-11(7-9-14)10-4-2-1-3-5-10;2*1-2;;;;;;;;;/h1-5H,6-9H2;2*1-2H3;9*1H4. The van der Waals surface area contributed by atoms with Crippen molar-refractivity contribution < 1.29 is 8.42 Å². The van der Waals surface area contributed by atoms with Crippen LogP contribution in [-0.2, 0) is 9.84 Å². The van der Waals surface area contributed by atoms with Crippen molar-refractivity contribution in [1.82, 2.24) is 0 Å². The number of hydrogen-bond acceptors (Lipinski definition) is 3. The third kappa shape index (κ3) is 25.0. The number of sulfone groups is 1. The number of nitrogens with zero attached hydrogens (tertiary/aromatic N) is 1. The van der Waals surface area contributed by atoms with E-state index in [1.54, 1.807) is 0 Å². The van der Waals surface area contributed by atoms with Crippen LogP contribution < -0.4 is 4.90 Å². The van der Waals surface area contributed by atoms with E-state index in [4.69, 9.17) is 0 Å². The van der Waals surface area contributed by atoms with Gasteiger partial charge < -0.3 is 4.90 Å². The van der Waals surface area contributed by atoms with Crippen LogP contribution in [0.5, 0.6) is 0 Å². The molecular formula is C23H61NO2S. The fourth-order valence-corrected chi connectivity index (χ4v) is 2.81. The van der Waals surface area contributed by atoms with Gasteiger partial charge in [0.2, 0.25) is 0 Å². The van der Waals surface area contributed by atoms with E-state index >= 15 is 0 Å². The third-order valence-electron chi connectivity index (χ3n) is 2.47. The molecule has 0 unspecified atom stereocenters. The summed E-state index contributed by atoms with van der Waals surface area (Å²) in [6.45, 7) is 9.23. The van der Waals surface area contributed by atoms with Gasteiger partial charge in [0.1, 0.15) is 0 Å². The Bertz CT molecular complexity index is 390. The first kappa shape index (κ1) is 63.5. The first-order valence-electron chi connectivity index (χ1n) is 6.68. The van der Waals surface area contributed by atoms with E-state index < -0.39 is 9.84 Å². The van der Waals surface area contributed by atoms with E-state index in [2.05, 4.69) is 4.90 Å². The number of anilines is 1. The maximum Gasteiger partial charge on any atom is 0.153 e. The summed E-state index contributed by atoms with van der Waals surface area (Å²) >= 11 is 0. The molecule has 0 N–H and O–H groups in total. The Kier molecular flexibility index (Phi) is 84.6. The molecule has 0 spiro atoms. The molecule has 0 aliphatic carbocycles. The Morgan fingerprint density at radius 3 is 1.22 bits per heavy atom. The van der Waals surface area contributed by atoms with Crippen LogP contribution in [-0.4, -0.2) is 33.0 Å². The average molecular weight is 416 g/mol. The lowest BCUT2D eigenvalue weighted by Gasteiger charge is -2.28. The van der Waals surface area contributed by atoms with Gasteiger partial charge in [-0.15, -0.1) is 0 Å². The molecule has 0 amide bonds. The first-order chi connectivity index (χ1) is 8.67. The van der Waals surface area contributed by atoms with E-state index in [1.165, 1.54) is 0 Å². The lowest BCUT2D eigenvalue weighted by molar-refractivity contribution is 0.587. The monoisotopic (exact) mass is 415 g/mol. The molecule has 1 heterocycles. The minimum atomic E-state index is -2.77. The van der Waals surface area contributed by atoms with Gasteiger partial charge in [-0.1, -0.05) is 113 Å². The predicted molar refractivity (Wildman–Crippen MR) is 141 cm³/mol. The SMILES string of the molecule is C.C.C.C.C.C.C.C.C.CC.CC.O=S1(=O)CCN(c2ccccc2)CC1. The summed E-state index contributed by atoms with van der Waals surface area (Å²) in [5.41, 5.74) is 1.11. The highest BCUT2D eigenvalue weighted by Crippen LogP contribution is 2.15. The van der Waals surface area contributed by atoms with Gasteiger partial charge in [-0.25, -0.2) is 8.42 Å². The maximum atomic E-state index is 11.2. The van der Waals surface area contributed by atoms with Crippen LogP contribution in [0, 0.1) is 0 Å². The van der Waals surface area contributed by atoms with Gasteiger partial charge in [-0.05, 0) is 12.1 Å². The molecular weight excluding hydrogens is 354 g/mol. The Balaban J connectivity index is -0.0000000262. The zero-order valence-electron chi connectivity index (χ0n) is 11.9. The van der Waals surface area contributed by atoms with Crippen LogP contribution in [0.2, 0.25) is 0 Å². The number of rotatable bonds is 1. The van der Waals surface area contributed by atoms with E-state index in [0.717, 1.165) is 5.69 Å². The zero-order chi connectivity index (χ0) is 14.0. The van der Waals surface area contributed by atoms with Crippen molar-refractivity contribution >= 4 is 15.5 Å². The number of para-hydroxylation sites is 1. The molecule has 0 radical (unpaired) electrons. The van der Waals surface area contributed by atoms with Crippen molar-refractivity contribution in [2.45, 2.75) is 94.5 Å². The molecule has 2 rings (SSSR count). The molecule has 0 atom stereocenters. The van der Waals surface area contributed by atoms with Crippen molar-refractivity contribution in [3.8, 4) is 0 Å². The summed E-state index contributed by atoms with van der Waals surface area (Å²) < 4.78 is 22.4. The molecule has 1 aromatic rings. The Labute approximate surface area is 178 Å². The Hall–Kier alpha value is -1.03. The molecule has 4 heteroatoms. The van der Waals surface area contributed by atoms with Gasteiger partial charge in [-0.2, -0.15) is 0 Å². The first-order valence-corrected chi connectivity index (χ1v) is 8.50. The minimum absolute atomic E-state index is 0. The normalized spacial score (nSPS) is 11.2. The summed E-state index contributed by atoms with van der Waals surface area (Å²) in [5, 5.41) is 0. The van der Waals surface area contributed by atoms with E-state index in [1.807, 2.05) is 58.0 Å². The molecule has 0 aromatic heterocycles. The van der Waals surface area contributed by atoms with E-state index in [-0.39, 0.29) is 78.3 Å². The van der Waals surface area contributed by atoms with E-state index in [0.29, 0.717) is 13.1 Å². The van der Waals surface area contributed by atoms with Gasteiger partial charge in [0, 0.05) is 18.8 Å². The predicted octanol–water partition coefficient (Wildman–Crippen LogP) is 8.70. The van der Waals surface area contributed by atoms with Crippen molar-refractivity contribution in [3.63, 3.8) is 0 Å². The van der Waals surface area contributed by atoms with Crippen molar-refractivity contribution in [2.24, 2.45) is 0 Å². The van der Waals surface area contributed by atoms with Crippen LogP contribution >= 0.6 is 0 Å². The van der Waals surface area contributed by atoms with Crippen LogP contribution in [0.15, 0.2) is 30.3 Å². The Morgan fingerprint density at radius 1 is 0.630 bits per heavy atom. The third-order valence-corrected chi connectivity index (χ3v) is 4.07. The highest BCUT2D eigenvalue weighted by atomic mass is 32.2. The van der Waals surface area contributed by atoms with E-state index in [9.17, 15) is 8.42 Å². The highest BCUT2D eigenvalue weighted by molar-refractivity contribution is 7.91. The molecule has 1 fully saturated rings. The summed E-state index contributed by atoms with van der Waals surface area (Å²) in [5.74, 6) is 0.559. The van der Waals surface area contributed by atoms with Crippen molar-refractivity contribution in [2.75, 3.05) is 29.5 Å². The summed E-state index contributed by atoms with van der Waals surface area (Å²) in [4.78, 5) is 2.11. The Morgan fingerprint density at radius 2 is 0.926 bits per heavy atom. The van der Waals surface area contributed by atoms with Crippen LogP contribution in [0.25, 0.3) is 0 Å². The molecule has 1 aromatic carbocycles. The minimum Gasteiger partial charge on any atom is -0.369 e. The fourth-order valence-electron chi connectivity index (χ4n) is 1.61. The molecule has 0 saturated carbocycles. The van der Waals surface area contributed by atoms with Gasteiger partial charge in [0.15, 0.2) is 9.84 Å². The van der Waals surface area contributed by atoms with Crippen LogP contribution in [0.4, 0.5) is 5.69 Å². The average Bonchev–Trinajstić information content (AvgIpc) is 2.44. The number of hydrogen-bond donors (Lipinski definition) is 0. The van der Waals surface area contributed by atoms with Gasteiger partial charge >= 0.3 is 0 Å². The van der Waals surface area contributed by atoms with Crippen LogP contribution in [0.1, 0.15) is 94.5 Å². The fraction of sp³-hybridized carbons (Fsp3) is 0.739. The molecule has 3 nitrogen and oxygen atoms in total. The largest absolute Gasteiger partial charge is 0.369 e. The molecule has 1 aliphatic rings. The summed E-state index contributed by atoms with van der Waals surface area (Å²) in [7, 11) is -2.77. The zero-order valence-corrected chi connectivity index (χ0v) is 12.7. The summed E-state index contributed by atoms with van der Waals surface area (Å²) in [6, 6.07) is 9.93. The van der Waals surface area contributed by atoms with Crippen molar-refractivity contribution in [1.29, 1.82) is 0 Å². The lowest BCUT2D eigenvalue weighted by atomic mass is 10.3. The quantitative estimate of drug-likeness (QED) is 0.460. The van der Waals surface area contributed by atoms with Crippen LogP contribution in [0.3, 0.4) is 0 Å². The number of benzene rings is 1. The maximum absolute atomic E-state index is 11.2. The molecule has 0 bridgehead atoms.